The van der Waals surface area contributed by atoms with Gasteiger partial charge in [0.1, 0.15) is 4.60 Å². The van der Waals surface area contributed by atoms with Crippen LogP contribution in [-0.4, -0.2) is 17.6 Å². The zero-order valence-corrected chi connectivity index (χ0v) is 10.1. The van der Waals surface area contributed by atoms with Crippen LogP contribution in [0.1, 0.15) is 26.2 Å². The van der Waals surface area contributed by atoms with Crippen molar-refractivity contribution in [3.8, 4) is 0 Å². The molecule has 0 N–H and O–H groups in total. The first-order valence-electron chi connectivity index (χ1n) is 4.69. The van der Waals surface area contributed by atoms with Gasteiger partial charge in [-0.3, -0.25) is 0 Å². The van der Waals surface area contributed by atoms with Crippen LogP contribution in [0.25, 0.3) is 0 Å². The molecule has 0 radical (unpaired) electrons. The van der Waals surface area contributed by atoms with Gasteiger partial charge in [0, 0.05) is 18.0 Å². The van der Waals surface area contributed by atoms with E-state index in [9.17, 15) is 0 Å². The first kappa shape index (κ1) is 9.46. The highest BCUT2D eigenvalue weighted by Gasteiger charge is 2.24. The van der Waals surface area contributed by atoms with Crippen LogP contribution in [0.4, 0.5) is 5.13 Å². The lowest BCUT2D eigenvalue weighted by molar-refractivity contribution is 0.644. The Bertz CT molecular complexity index is 287. The minimum atomic E-state index is 0.720. The summed E-state index contributed by atoms with van der Waals surface area (Å²) in [5, 5.41) is 3.23. The largest absolute Gasteiger partial charge is 0.345 e. The number of hydrogen-bond acceptors (Lipinski definition) is 3. The fourth-order valence-electron chi connectivity index (χ4n) is 1.89. The van der Waals surface area contributed by atoms with Crippen molar-refractivity contribution in [2.75, 3.05) is 11.4 Å². The van der Waals surface area contributed by atoms with Crippen molar-refractivity contribution in [2.45, 2.75) is 32.2 Å². The smallest absolute Gasteiger partial charge is 0.186 e. The Morgan fingerprint density at radius 1 is 1.77 bits per heavy atom. The Balaban J connectivity index is 2.15. The van der Waals surface area contributed by atoms with Crippen LogP contribution in [0.15, 0.2) is 9.98 Å². The molecule has 1 fully saturated rings. The van der Waals surface area contributed by atoms with E-state index < -0.39 is 0 Å². The normalized spacial score (nSPS) is 22.6. The van der Waals surface area contributed by atoms with Crippen LogP contribution >= 0.6 is 27.3 Å². The summed E-state index contributed by atoms with van der Waals surface area (Å²) in [6.07, 6.45) is 3.88. The molecule has 2 rings (SSSR count). The van der Waals surface area contributed by atoms with Crippen LogP contribution in [-0.2, 0) is 0 Å². The minimum absolute atomic E-state index is 0.720. The molecule has 1 aromatic heterocycles. The summed E-state index contributed by atoms with van der Waals surface area (Å²) in [4.78, 5) is 6.89. The number of halogens is 1. The van der Waals surface area contributed by atoms with Gasteiger partial charge in [-0.25, -0.2) is 4.98 Å². The first-order chi connectivity index (χ1) is 6.31. The number of aromatic nitrogens is 1. The maximum Gasteiger partial charge on any atom is 0.186 e. The number of hydrogen-bond donors (Lipinski definition) is 0. The lowest BCUT2D eigenvalue weighted by atomic mass is 10.2. The molecule has 0 spiro atoms. The highest BCUT2D eigenvalue weighted by molar-refractivity contribution is 9.10. The minimum Gasteiger partial charge on any atom is -0.345 e. The highest BCUT2D eigenvalue weighted by Crippen LogP contribution is 2.30. The Morgan fingerprint density at radius 3 is 3.23 bits per heavy atom. The van der Waals surface area contributed by atoms with Crippen molar-refractivity contribution in [3.05, 3.63) is 9.98 Å². The number of nitrogens with zero attached hydrogens (tertiary/aromatic N) is 2. The average Bonchev–Trinajstić information content (AvgIpc) is 2.71. The van der Waals surface area contributed by atoms with Crippen molar-refractivity contribution < 1.29 is 0 Å². The standard InChI is InChI=1S/C9H13BrN2S/c1-2-7-4-3-5-12(7)9-11-8(10)6-13-9/h6-7H,2-5H2,1H3. The molecular formula is C9H13BrN2S. The van der Waals surface area contributed by atoms with E-state index in [-0.39, 0.29) is 0 Å². The maximum atomic E-state index is 4.45. The van der Waals surface area contributed by atoms with Gasteiger partial charge in [-0.15, -0.1) is 11.3 Å². The van der Waals surface area contributed by atoms with Crippen molar-refractivity contribution in [3.63, 3.8) is 0 Å². The van der Waals surface area contributed by atoms with Gasteiger partial charge in [0.25, 0.3) is 0 Å². The van der Waals surface area contributed by atoms with Crippen LogP contribution in [0.3, 0.4) is 0 Å². The zero-order chi connectivity index (χ0) is 9.26. The molecule has 0 saturated carbocycles. The molecule has 0 amide bonds. The molecule has 2 heterocycles. The summed E-state index contributed by atoms with van der Waals surface area (Å²) in [5.74, 6) is 0. The molecule has 13 heavy (non-hydrogen) atoms. The van der Waals surface area contributed by atoms with Gasteiger partial charge in [-0.2, -0.15) is 0 Å². The molecule has 1 aromatic rings. The van der Waals surface area contributed by atoms with Gasteiger partial charge < -0.3 is 4.90 Å². The lowest BCUT2D eigenvalue weighted by Gasteiger charge is -2.22. The molecule has 1 unspecified atom stereocenters. The van der Waals surface area contributed by atoms with Crippen molar-refractivity contribution in [1.29, 1.82) is 0 Å². The second-order valence-electron chi connectivity index (χ2n) is 3.35. The molecule has 2 nitrogen and oxygen atoms in total. The Hall–Kier alpha value is -0.0900. The van der Waals surface area contributed by atoms with E-state index in [1.165, 1.54) is 30.9 Å². The summed E-state index contributed by atoms with van der Waals surface area (Å²) in [5.41, 5.74) is 0. The fraction of sp³-hybridized carbons (Fsp3) is 0.667. The van der Waals surface area contributed by atoms with E-state index in [4.69, 9.17) is 0 Å². The molecule has 0 aliphatic carbocycles. The Kier molecular flexibility index (Phi) is 2.89. The molecule has 4 heteroatoms. The van der Waals surface area contributed by atoms with E-state index in [0.717, 1.165) is 10.6 Å². The van der Waals surface area contributed by atoms with E-state index >= 15 is 0 Å². The number of thiazole rings is 1. The lowest BCUT2D eigenvalue weighted by Crippen LogP contribution is -2.28. The summed E-state index contributed by atoms with van der Waals surface area (Å²) < 4.78 is 0.967. The van der Waals surface area contributed by atoms with Crippen LogP contribution in [0.2, 0.25) is 0 Å². The third-order valence-corrected chi connectivity index (χ3v) is 4.15. The van der Waals surface area contributed by atoms with Gasteiger partial charge in [0.15, 0.2) is 5.13 Å². The SMILES string of the molecule is CCC1CCCN1c1nc(Br)cs1. The molecule has 1 atom stereocenters. The van der Waals surface area contributed by atoms with Gasteiger partial charge in [-0.1, -0.05) is 6.92 Å². The molecule has 1 aliphatic rings. The van der Waals surface area contributed by atoms with Crippen molar-refractivity contribution >= 4 is 32.4 Å². The predicted octanol–water partition coefficient (Wildman–Crippen LogP) is 3.28. The molecule has 1 saturated heterocycles. The number of rotatable bonds is 2. The van der Waals surface area contributed by atoms with Gasteiger partial charge in [0.2, 0.25) is 0 Å². The zero-order valence-electron chi connectivity index (χ0n) is 7.66. The second kappa shape index (κ2) is 3.96. The highest BCUT2D eigenvalue weighted by atomic mass is 79.9. The Morgan fingerprint density at radius 2 is 2.62 bits per heavy atom. The quantitative estimate of drug-likeness (QED) is 0.812. The molecule has 1 aliphatic heterocycles. The summed E-state index contributed by atoms with van der Waals surface area (Å²) >= 11 is 5.13. The summed E-state index contributed by atoms with van der Waals surface area (Å²) in [6, 6.07) is 0.720. The third kappa shape index (κ3) is 1.89. The monoisotopic (exact) mass is 260 g/mol. The molecule has 72 valence electrons. The third-order valence-electron chi connectivity index (χ3n) is 2.56. The molecule has 0 bridgehead atoms. The summed E-state index contributed by atoms with van der Waals surface area (Å²) in [6.45, 7) is 3.43. The van der Waals surface area contributed by atoms with Crippen molar-refractivity contribution in [2.24, 2.45) is 0 Å². The molecule has 0 aromatic carbocycles. The predicted molar refractivity (Wildman–Crippen MR) is 60.5 cm³/mol. The van der Waals surface area contributed by atoms with Crippen LogP contribution < -0.4 is 4.90 Å². The van der Waals surface area contributed by atoms with E-state index in [1.807, 2.05) is 0 Å². The average molecular weight is 261 g/mol. The Labute approximate surface area is 91.1 Å². The van der Waals surface area contributed by atoms with Crippen LogP contribution in [0.5, 0.6) is 0 Å². The molecular weight excluding hydrogens is 248 g/mol. The second-order valence-corrected chi connectivity index (χ2v) is 5.00. The van der Waals surface area contributed by atoms with Crippen molar-refractivity contribution in [1.82, 2.24) is 4.98 Å². The first-order valence-corrected chi connectivity index (χ1v) is 6.36. The summed E-state index contributed by atoms with van der Waals surface area (Å²) in [7, 11) is 0. The maximum absolute atomic E-state index is 4.45. The van der Waals surface area contributed by atoms with Gasteiger partial charge >= 0.3 is 0 Å². The number of anilines is 1. The van der Waals surface area contributed by atoms with Crippen LogP contribution in [0, 0.1) is 0 Å². The van der Waals surface area contributed by atoms with Gasteiger partial charge in [-0.05, 0) is 35.2 Å². The van der Waals surface area contributed by atoms with Gasteiger partial charge in [0.05, 0.1) is 0 Å². The topological polar surface area (TPSA) is 16.1 Å². The fourth-order valence-corrected chi connectivity index (χ4v) is 3.24. The van der Waals surface area contributed by atoms with E-state index in [2.05, 4.69) is 38.1 Å². The van der Waals surface area contributed by atoms with E-state index in [1.54, 1.807) is 11.3 Å². The van der Waals surface area contributed by atoms with E-state index in [0.29, 0.717) is 0 Å².